The Morgan fingerprint density at radius 2 is 0.833 bits per heavy atom. The van der Waals surface area contributed by atoms with Crippen LogP contribution in [0.1, 0.15) is 22.3 Å². The predicted molar refractivity (Wildman–Crippen MR) is 85.8 cm³/mol. The standard InChI is InChI=1S/C12H14N2.3CH4.BH4/c1-13-7-3-11(4-8-13)12-5-9-14(2)10-6-12;;;;/h3-10H,1-2H3;4*1H4/q+2;;;;-1. The highest BCUT2D eigenvalue weighted by Gasteiger charge is 2.00. The molecule has 0 bridgehead atoms. The zero-order chi connectivity index (χ0) is 9.97. The van der Waals surface area contributed by atoms with E-state index in [1.54, 1.807) is 0 Å². The van der Waals surface area contributed by atoms with Gasteiger partial charge in [-0.15, -0.1) is 0 Å². The molecule has 2 aromatic heterocycles. The monoisotopic (exact) mass is 249 g/mol. The lowest BCUT2D eigenvalue weighted by Crippen LogP contribution is -2.26. The smallest absolute Gasteiger partial charge is 0.169 e. The van der Waals surface area contributed by atoms with Crippen molar-refractivity contribution in [1.82, 2.24) is 0 Å². The van der Waals surface area contributed by atoms with Gasteiger partial charge in [-0.3, -0.25) is 0 Å². The molecule has 2 heterocycles. The van der Waals surface area contributed by atoms with Crippen LogP contribution in [0, 0.1) is 0 Å². The third kappa shape index (κ3) is 5.13. The Balaban J connectivity index is -0.000000562. The largest absolute Gasteiger partial charge is 0.208 e. The second-order valence-electron chi connectivity index (χ2n) is 3.50. The summed E-state index contributed by atoms with van der Waals surface area (Å²) in [5.74, 6) is 0. The van der Waals surface area contributed by atoms with Crippen molar-refractivity contribution in [1.29, 1.82) is 0 Å². The summed E-state index contributed by atoms with van der Waals surface area (Å²) in [5, 5.41) is 0. The predicted octanol–water partition coefficient (Wildman–Crippen LogP) is 1.46. The van der Waals surface area contributed by atoms with Crippen molar-refractivity contribution >= 4 is 8.41 Å². The van der Waals surface area contributed by atoms with E-state index in [1.807, 2.05) is 23.2 Å². The quantitative estimate of drug-likeness (QED) is 0.534. The van der Waals surface area contributed by atoms with Crippen molar-refractivity contribution in [3.8, 4) is 11.1 Å². The number of hydrogen-bond acceptors (Lipinski definition) is 0. The number of pyridine rings is 2. The first kappa shape index (κ1) is 21.6. The number of aromatic nitrogens is 2. The highest BCUT2D eigenvalue weighted by molar-refractivity contribution is 5.75. The lowest BCUT2D eigenvalue weighted by Gasteiger charge is -1.97. The molecule has 0 radical (unpaired) electrons. The molecule has 0 spiro atoms. The highest BCUT2D eigenvalue weighted by atomic mass is 14.9. The molecule has 0 saturated carbocycles. The summed E-state index contributed by atoms with van der Waals surface area (Å²) in [5.41, 5.74) is 2.51. The number of rotatable bonds is 1. The average Bonchev–Trinajstić information content (AvgIpc) is 2.21. The van der Waals surface area contributed by atoms with Crippen molar-refractivity contribution in [2.45, 2.75) is 22.3 Å². The maximum absolute atomic E-state index is 2.12. The van der Waals surface area contributed by atoms with Crippen LogP contribution in [-0.2, 0) is 14.1 Å². The minimum atomic E-state index is 0. The van der Waals surface area contributed by atoms with Gasteiger partial charge in [-0.05, 0) is 11.1 Å². The summed E-state index contributed by atoms with van der Waals surface area (Å²) < 4.78 is 4.07. The maximum Gasteiger partial charge on any atom is 0.169 e. The van der Waals surface area contributed by atoms with E-state index >= 15 is 0 Å². The van der Waals surface area contributed by atoms with Crippen LogP contribution < -0.4 is 9.13 Å². The first-order valence-corrected chi connectivity index (χ1v) is 4.67. The van der Waals surface area contributed by atoms with E-state index in [-0.39, 0.29) is 30.7 Å². The van der Waals surface area contributed by atoms with Gasteiger partial charge in [-0.25, -0.2) is 9.13 Å². The van der Waals surface area contributed by atoms with E-state index in [0.717, 1.165) is 0 Å². The molecule has 0 aliphatic rings. The first-order chi connectivity index (χ1) is 6.75. The summed E-state index contributed by atoms with van der Waals surface area (Å²) in [6, 6.07) is 8.48. The molecule has 2 aromatic rings. The van der Waals surface area contributed by atoms with Crippen molar-refractivity contribution in [2.75, 3.05) is 0 Å². The molecule has 0 saturated heterocycles. The van der Waals surface area contributed by atoms with Crippen molar-refractivity contribution in [3.63, 3.8) is 0 Å². The van der Waals surface area contributed by atoms with Crippen LogP contribution in [0.25, 0.3) is 11.1 Å². The molecule has 0 aliphatic heterocycles. The minimum absolute atomic E-state index is 0. The van der Waals surface area contributed by atoms with Gasteiger partial charge in [0.1, 0.15) is 14.1 Å². The number of hydrogen-bond donors (Lipinski definition) is 0. The van der Waals surface area contributed by atoms with Gasteiger partial charge in [-0.2, -0.15) is 0 Å². The van der Waals surface area contributed by atoms with Crippen molar-refractivity contribution < 1.29 is 9.13 Å². The Labute approximate surface area is 115 Å². The molecule has 0 unspecified atom stereocenters. The maximum atomic E-state index is 2.12. The molecule has 0 aliphatic carbocycles. The van der Waals surface area contributed by atoms with E-state index in [0.29, 0.717) is 0 Å². The van der Waals surface area contributed by atoms with E-state index in [1.165, 1.54) is 11.1 Å². The summed E-state index contributed by atoms with van der Waals surface area (Å²) in [6.07, 6.45) is 8.23. The molecule has 18 heavy (non-hydrogen) atoms. The van der Waals surface area contributed by atoms with E-state index in [2.05, 4.69) is 49.1 Å². The highest BCUT2D eigenvalue weighted by Crippen LogP contribution is 2.14. The molecule has 0 atom stereocenters. The second-order valence-corrected chi connectivity index (χ2v) is 3.50. The Bertz CT molecular complexity index is 378. The third-order valence-corrected chi connectivity index (χ3v) is 2.29. The molecule has 2 nitrogen and oxygen atoms in total. The fraction of sp³-hybridized carbons (Fsp3) is 0.333. The molecular weight excluding hydrogens is 219 g/mol. The fourth-order valence-corrected chi connectivity index (χ4v) is 1.39. The van der Waals surface area contributed by atoms with Crippen LogP contribution in [0.15, 0.2) is 49.1 Å². The third-order valence-electron chi connectivity index (χ3n) is 2.29. The van der Waals surface area contributed by atoms with Gasteiger partial charge in [-0.1, -0.05) is 30.7 Å². The Kier molecular flexibility index (Phi) is 11.3. The summed E-state index contributed by atoms with van der Waals surface area (Å²) in [4.78, 5) is 0. The van der Waals surface area contributed by atoms with E-state index in [4.69, 9.17) is 0 Å². The van der Waals surface area contributed by atoms with Crippen LogP contribution in [0.2, 0.25) is 0 Å². The second kappa shape index (κ2) is 9.40. The van der Waals surface area contributed by atoms with Gasteiger partial charge < -0.3 is 0 Å². The molecule has 102 valence electrons. The molecule has 0 amide bonds. The van der Waals surface area contributed by atoms with Crippen LogP contribution >= 0.6 is 0 Å². The lowest BCUT2D eigenvalue weighted by molar-refractivity contribution is -0.671. The van der Waals surface area contributed by atoms with E-state index < -0.39 is 0 Å². The first-order valence-electron chi connectivity index (χ1n) is 4.67. The van der Waals surface area contributed by atoms with E-state index in [9.17, 15) is 0 Å². The van der Waals surface area contributed by atoms with Gasteiger partial charge in [0, 0.05) is 24.3 Å². The molecule has 0 fully saturated rings. The van der Waals surface area contributed by atoms with Crippen LogP contribution in [0.4, 0.5) is 0 Å². The number of aryl methyl sites for hydroxylation is 2. The topological polar surface area (TPSA) is 7.76 Å². The molecule has 0 aromatic carbocycles. The summed E-state index contributed by atoms with van der Waals surface area (Å²) in [6.45, 7) is 0. The Morgan fingerprint density at radius 3 is 1.06 bits per heavy atom. The van der Waals surface area contributed by atoms with Gasteiger partial charge in [0.2, 0.25) is 0 Å². The van der Waals surface area contributed by atoms with Gasteiger partial charge in [0.25, 0.3) is 0 Å². The Morgan fingerprint density at radius 1 is 0.611 bits per heavy atom. The Hall–Kier alpha value is -1.64. The van der Waals surface area contributed by atoms with Gasteiger partial charge in [0.15, 0.2) is 24.8 Å². The normalized spacial score (nSPS) is 7.89. The number of nitrogens with zero attached hydrogens (tertiary/aromatic N) is 2. The summed E-state index contributed by atoms with van der Waals surface area (Å²) in [7, 11) is 4.05. The van der Waals surface area contributed by atoms with Crippen LogP contribution in [0.5, 0.6) is 0 Å². The lowest BCUT2D eigenvalue weighted by atomic mass is 10.1. The molecule has 2 rings (SSSR count). The SMILES string of the molecule is C.C.C.C[n+]1ccc(-c2cc[n+](C)cc2)cc1.[BH4-]. The summed E-state index contributed by atoms with van der Waals surface area (Å²) >= 11 is 0. The van der Waals surface area contributed by atoms with Gasteiger partial charge in [0.05, 0.1) is 0 Å². The minimum Gasteiger partial charge on any atom is -0.208 e. The zero-order valence-corrected chi connectivity index (χ0v) is 8.51. The molecular formula is C15H30BN2+. The van der Waals surface area contributed by atoms with Gasteiger partial charge >= 0.3 is 0 Å². The molecule has 3 heteroatoms. The molecule has 0 N–H and O–H groups in total. The van der Waals surface area contributed by atoms with Crippen LogP contribution in [-0.4, -0.2) is 8.41 Å². The van der Waals surface area contributed by atoms with Crippen LogP contribution in [0.3, 0.4) is 0 Å². The van der Waals surface area contributed by atoms with Crippen molar-refractivity contribution in [3.05, 3.63) is 49.1 Å². The zero-order valence-electron chi connectivity index (χ0n) is 8.51. The fourth-order valence-electron chi connectivity index (χ4n) is 1.39. The van der Waals surface area contributed by atoms with Crippen molar-refractivity contribution in [2.24, 2.45) is 14.1 Å². The average molecular weight is 249 g/mol.